The highest BCUT2D eigenvalue weighted by Crippen LogP contribution is 2.61. The molecule has 0 spiro atoms. The number of carbonyl (C=O) groups is 1. The summed E-state index contributed by atoms with van der Waals surface area (Å²) in [4.78, 5) is 18.7. The van der Waals surface area contributed by atoms with E-state index in [0.717, 1.165) is 99.0 Å². The molecule has 1 aliphatic rings. The van der Waals surface area contributed by atoms with Gasteiger partial charge in [-0.3, -0.25) is 0 Å². The Morgan fingerprint density at radius 2 is 1.04 bits per heavy atom. The molecule has 0 fully saturated rings. The zero-order valence-corrected chi connectivity index (χ0v) is 47.1. The van der Waals surface area contributed by atoms with Crippen LogP contribution in [0.3, 0.4) is 0 Å². The first-order valence-electron chi connectivity index (χ1n) is 28.6. The van der Waals surface area contributed by atoms with E-state index in [2.05, 4.69) is 140 Å². The monoisotopic (exact) mass is 1060 g/mol. The molecule has 4 aromatic carbocycles. The number of fused-ring (bicyclic) bond motifs is 4. The zero-order chi connectivity index (χ0) is 53.1. The van der Waals surface area contributed by atoms with Crippen LogP contribution in [-0.4, -0.2) is 34.6 Å². The molecule has 76 heavy (non-hydrogen) atoms. The first kappa shape index (κ1) is 56.0. The third-order valence-corrected chi connectivity index (χ3v) is 17.5. The van der Waals surface area contributed by atoms with Gasteiger partial charge in [-0.05, 0) is 132 Å². The van der Waals surface area contributed by atoms with E-state index in [4.69, 9.17) is 14.1 Å². The molecule has 9 nitrogen and oxygen atoms in total. The van der Waals surface area contributed by atoms with Crippen LogP contribution in [0.25, 0.3) is 48.4 Å². The van der Waals surface area contributed by atoms with E-state index >= 15 is 0 Å². The molecule has 0 aliphatic heterocycles. The summed E-state index contributed by atoms with van der Waals surface area (Å²) in [6.07, 6.45) is 27.5. The minimum absolute atomic E-state index is 0.211. The quantitative estimate of drug-likeness (QED) is 0.0243. The van der Waals surface area contributed by atoms with Gasteiger partial charge in [0.25, 0.3) is 0 Å². The van der Waals surface area contributed by atoms with Gasteiger partial charge in [0, 0.05) is 53.1 Å². The molecule has 1 aliphatic carbocycles. The van der Waals surface area contributed by atoms with E-state index < -0.39 is 5.97 Å². The van der Waals surface area contributed by atoms with E-state index in [1.807, 2.05) is 6.07 Å². The molecule has 1 N–H and O–H groups in total. The molecule has 3 aromatic heterocycles. The molecule has 0 saturated carbocycles. The van der Waals surface area contributed by atoms with Crippen molar-refractivity contribution in [2.24, 2.45) is 0 Å². The van der Waals surface area contributed by atoms with Gasteiger partial charge in [-0.2, -0.15) is 5.26 Å². The van der Waals surface area contributed by atoms with Crippen molar-refractivity contribution >= 4 is 62.8 Å². The van der Waals surface area contributed by atoms with Crippen LogP contribution in [0.1, 0.15) is 185 Å². The average molecular weight is 1060 g/mol. The Balaban J connectivity index is 1.11. The van der Waals surface area contributed by atoms with Crippen LogP contribution < -0.4 is 14.4 Å². The number of anilines is 3. The van der Waals surface area contributed by atoms with Crippen LogP contribution in [0.5, 0.6) is 11.5 Å². The molecule has 7 aromatic rings. The fraction of sp³-hybridized carbons (Fsp3) is 0.446. The van der Waals surface area contributed by atoms with Gasteiger partial charge >= 0.3 is 5.97 Å². The van der Waals surface area contributed by atoms with Crippen LogP contribution in [0.2, 0.25) is 0 Å². The third-order valence-electron chi connectivity index (χ3n) is 15.1. The van der Waals surface area contributed by atoms with Crippen LogP contribution >= 0.6 is 22.7 Å². The Labute approximate surface area is 459 Å². The second-order valence-electron chi connectivity index (χ2n) is 20.6. The molecule has 3 heterocycles. The predicted molar refractivity (Wildman–Crippen MR) is 316 cm³/mol. The van der Waals surface area contributed by atoms with Gasteiger partial charge in [-0.1, -0.05) is 168 Å². The highest BCUT2D eigenvalue weighted by atomic mass is 32.1. The fourth-order valence-electron chi connectivity index (χ4n) is 10.9. The largest absolute Gasteiger partial charge is 0.494 e. The topological polar surface area (TPSA) is 122 Å². The van der Waals surface area contributed by atoms with E-state index in [9.17, 15) is 15.2 Å². The maximum Gasteiger partial charge on any atom is 0.346 e. The number of aliphatic carboxylic acids is 1. The van der Waals surface area contributed by atoms with E-state index in [1.54, 1.807) is 28.7 Å². The summed E-state index contributed by atoms with van der Waals surface area (Å²) < 4.78 is 17.9. The average Bonchev–Trinajstić information content (AvgIpc) is 4.43. The number of ether oxygens (including phenoxy) is 2. The number of hydrogen-bond donors (Lipinski definition) is 1. The summed E-state index contributed by atoms with van der Waals surface area (Å²) in [5.41, 5.74) is 9.60. The maximum atomic E-state index is 12.0. The van der Waals surface area contributed by atoms with E-state index in [0.29, 0.717) is 18.7 Å². The van der Waals surface area contributed by atoms with Gasteiger partial charge in [0.2, 0.25) is 0 Å². The van der Waals surface area contributed by atoms with Crippen molar-refractivity contribution in [2.75, 3.05) is 18.1 Å². The van der Waals surface area contributed by atoms with Crippen molar-refractivity contribution in [3.05, 3.63) is 119 Å². The summed E-state index contributed by atoms with van der Waals surface area (Å²) in [5.74, 6) is 0.539. The lowest BCUT2D eigenvalue weighted by Crippen LogP contribution is -2.25. The molecule has 0 unspecified atom stereocenters. The second-order valence-corrected chi connectivity index (χ2v) is 22.8. The summed E-state index contributed by atoms with van der Waals surface area (Å²) in [6, 6.07) is 36.2. The number of nitrogens with zero attached hydrogens (tertiary/aromatic N) is 4. The number of carboxylic acid groups (broad SMARTS) is 1. The molecule has 0 saturated heterocycles. The first-order chi connectivity index (χ1) is 37.3. The summed E-state index contributed by atoms with van der Waals surface area (Å²) in [5, 5.41) is 28.7. The number of aromatic nitrogens is 2. The second kappa shape index (κ2) is 28.2. The van der Waals surface area contributed by atoms with Crippen LogP contribution in [-0.2, 0) is 10.2 Å². The number of nitriles is 1. The predicted octanol–water partition coefficient (Wildman–Crippen LogP) is 19.8. The fourth-order valence-corrected chi connectivity index (χ4v) is 13.6. The Morgan fingerprint density at radius 3 is 1.55 bits per heavy atom. The minimum Gasteiger partial charge on any atom is -0.494 e. The van der Waals surface area contributed by atoms with Gasteiger partial charge in [0.1, 0.15) is 34.2 Å². The van der Waals surface area contributed by atoms with E-state index in [1.165, 1.54) is 124 Å². The molecular weight excluding hydrogens is 981 g/mol. The van der Waals surface area contributed by atoms with Gasteiger partial charge in [0.05, 0.1) is 13.2 Å². The molecule has 0 amide bonds. The SMILES string of the molecule is CCCCCCCCC1(CCCCCCCC)c2cc(/C=C(/C#N)C(=O)O)sc2-c2sc(-c3ccc(-c4ccc(N(c5ccc(OCCCCCC)cc5)c5ccc(OCCCCCC)cc5)cc4)c4nonc34)cc21. The Kier molecular flexibility index (Phi) is 20.8. The minimum atomic E-state index is -1.20. The first-order valence-corrected chi connectivity index (χ1v) is 30.2. The molecular formula is C65H78N4O5S2. The highest BCUT2D eigenvalue weighted by molar-refractivity contribution is 7.24. The standard InChI is InChI=1S/C65H78N4O5S2/c1-5-9-13-17-19-21-39-65(40-22-20-18-14-10-6-2)57-44-54(43-48(46-66)64(70)71)75-62(57)63-58(65)45-59(76-63)56-38-37-55(60-61(56)68-74-67-60)47-25-27-49(28-26-47)69(50-29-33-52(34-30-50)72-41-23-15-11-7-3)51-31-35-53(36-32-51)73-42-24-16-12-8-4/h25-38,43-45H,5-24,39-42H2,1-4H3,(H,70,71)/b48-43-. The lowest BCUT2D eigenvalue weighted by atomic mass is 9.71. The lowest BCUT2D eigenvalue weighted by Gasteiger charge is -2.31. The van der Waals surface area contributed by atoms with Crippen molar-refractivity contribution in [3.63, 3.8) is 0 Å². The van der Waals surface area contributed by atoms with Gasteiger partial charge < -0.3 is 19.5 Å². The lowest BCUT2D eigenvalue weighted by molar-refractivity contribution is -0.132. The molecule has 0 atom stereocenters. The number of carboxylic acids is 1. The Hall–Kier alpha value is -6.22. The highest BCUT2D eigenvalue weighted by Gasteiger charge is 2.45. The molecule has 11 heteroatoms. The Morgan fingerprint density at radius 1 is 0.592 bits per heavy atom. The summed E-state index contributed by atoms with van der Waals surface area (Å²) in [7, 11) is 0. The van der Waals surface area contributed by atoms with Crippen molar-refractivity contribution in [1.82, 2.24) is 10.3 Å². The summed E-state index contributed by atoms with van der Waals surface area (Å²) in [6.45, 7) is 10.4. The zero-order valence-electron chi connectivity index (χ0n) is 45.5. The molecule has 0 radical (unpaired) electrons. The number of unbranched alkanes of at least 4 members (excludes halogenated alkanes) is 16. The van der Waals surface area contributed by atoms with Crippen molar-refractivity contribution in [3.8, 4) is 48.9 Å². The van der Waals surface area contributed by atoms with Gasteiger partial charge in [-0.15, -0.1) is 22.7 Å². The third kappa shape index (κ3) is 13.7. The number of hydrogen-bond acceptors (Lipinski definition) is 10. The maximum absolute atomic E-state index is 12.0. The van der Waals surface area contributed by atoms with Crippen LogP contribution in [0.15, 0.2) is 107 Å². The summed E-state index contributed by atoms with van der Waals surface area (Å²) >= 11 is 3.39. The number of thiophene rings is 2. The van der Waals surface area contributed by atoms with Crippen molar-refractivity contribution < 1.29 is 24.0 Å². The normalized spacial score (nSPS) is 12.7. The number of rotatable bonds is 33. The van der Waals surface area contributed by atoms with Crippen LogP contribution in [0, 0.1) is 11.3 Å². The van der Waals surface area contributed by atoms with Gasteiger partial charge in [0.15, 0.2) is 0 Å². The van der Waals surface area contributed by atoms with E-state index in [-0.39, 0.29) is 11.0 Å². The van der Waals surface area contributed by atoms with Crippen molar-refractivity contribution in [2.45, 2.75) is 174 Å². The van der Waals surface area contributed by atoms with Gasteiger partial charge in [-0.25, -0.2) is 9.42 Å². The Bertz CT molecular complexity index is 2920. The molecule has 400 valence electrons. The smallest absolute Gasteiger partial charge is 0.346 e. The van der Waals surface area contributed by atoms with Crippen molar-refractivity contribution in [1.29, 1.82) is 5.26 Å². The molecule has 0 bridgehead atoms. The van der Waals surface area contributed by atoms with Crippen LogP contribution in [0.4, 0.5) is 17.1 Å². The number of benzene rings is 4. The molecule has 8 rings (SSSR count).